The smallest absolute Gasteiger partial charge is 0.255 e. The van der Waals surface area contributed by atoms with Crippen molar-refractivity contribution in [3.8, 4) is 23.0 Å². The topological polar surface area (TPSA) is 109 Å². The number of rotatable bonds is 9. The number of hydrogen-bond acceptors (Lipinski definition) is 8. The molecule has 2 heterocycles. The Morgan fingerprint density at radius 2 is 1.85 bits per heavy atom. The third kappa shape index (κ3) is 5.48. The number of fused-ring (bicyclic) bond motifs is 1. The van der Waals surface area contributed by atoms with Gasteiger partial charge in [0.05, 0.1) is 37.6 Å². The molecule has 1 aliphatic heterocycles. The third-order valence-electron chi connectivity index (χ3n) is 6.63. The lowest BCUT2D eigenvalue weighted by Gasteiger charge is -2.29. The van der Waals surface area contributed by atoms with Crippen LogP contribution in [0, 0.1) is 5.82 Å². The second kappa shape index (κ2) is 11.8. The maximum absolute atomic E-state index is 14.3. The van der Waals surface area contributed by atoms with Gasteiger partial charge in [-0.15, -0.1) is 0 Å². The summed E-state index contributed by atoms with van der Waals surface area (Å²) in [6.07, 6.45) is 1.41. The average Bonchev–Trinajstić information content (AvgIpc) is 3.44. The summed E-state index contributed by atoms with van der Waals surface area (Å²) in [7, 11) is 4.56. The zero-order chi connectivity index (χ0) is 29.1. The van der Waals surface area contributed by atoms with E-state index in [2.05, 4.69) is 20.7 Å². The Labute approximate surface area is 240 Å². The minimum absolute atomic E-state index is 0.0991. The number of hydrogen-bond donors (Lipinski definition) is 2. The van der Waals surface area contributed by atoms with Crippen molar-refractivity contribution in [1.29, 1.82) is 0 Å². The minimum atomic E-state index is -0.665. The van der Waals surface area contributed by atoms with Crippen LogP contribution in [-0.2, 0) is 11.4 Å². The highest BCUT2D eigenvalue weighted by Gasteiger charge is 2.34. The van der Waals surface area contributed by atoms with E-state index in [9.17, 15) is 9.18 Å². The van der Waals surface area contributed by atoms with Crippen molar-refractivity contribution < 1.29 is 28.1 Å². The van der Waals surface area contributed by atoms with Crippen molar-refractivity contribution in [3.05, 3.63) is 94.2 Å². The van der Waals surface area contributed by atoms with Gasteiger partial charge in [0.25, 0.3) is 5.91 Å². The number of nitrogens with one attached hydrogen (secondary N) is 2. The summed E-state index contributed by atoms with van der Waals surface area (Å²) < 4.78 is 38.1. The van der Waals surface area contributed by atoms with Crippen molar-refractivity contribution in [2.75, 3.05) is 32.0 Å². The Morgan fingerprint density at radius 3 is 2.59 bits per heavy atom. The number of carbonyl (C=O) groups excluding carboxylic acids is 1. The number of anilines is 2. The number of halogens is 2. The minimum Gasteiger partial charge on any atom is -0.497 e. The van der Waals surface area contributed by atoms with Crippen molar-refractivity contribution in [2.45, 2.75) is 19.6 Å². The predicted octanol–water partition coefficient (Wildman–Crippen LogP) is 5.60. The van der Waals surface area contributed by atoms with Crippen LogP contribution in [0.1, 0.15) is 24.1 Å². The maximum atomic E-state index is 14.3. The first-order valence-electron chi connectivity index (χ1n) is 12.5. The van der Waals surface area contributed by atoms with Crippen LogP contribution in [0.25, 0.3) is 0 Å². The second-order valence-corrected chi connectivity index (χ2v) is 9.42. The molecule has 1 aromatic heterocycles. The van der Waals surface area contributed by atoms with Crippen molar-refractivity contribution >= 4 is 29.1 Å². The molecule has 1 atom stereocenters. The van der Waals surface area contributed by atoms with Crippen molar-refractivity contribution in [1.82, 2.24) is 14.8 Å². The summed E-state index contributed by atoms with van der Waals surface area (Å²) in [5.41, 5.74) is 2.37. The fraction of sp³-hybridized carbons (Fsp3) is 0.207. The first kappa shape index (κ1) is 27.8. The molecule has 12 heteroatoms. The van der Waals surface area contributed by atoms with Gasteiger partial charge in [-0.3, -0.25) is 4.79 Å². The Balaban J connectivity index is 1.48. The fourth-order valence-electron chi connectivity index (χ4n) is 4.58. The van der Waals surface area contributed by atoms with Gasteiger partial charge in [0.1, 0.15) is 36.3 Å². The van der Waals surface area contributed by atoms with Gasteiger partial charge >= 0.3 is 0 Å². The molecule has 0 aliphatic carbocycles. The van der Waals surface area contributed by atoms with E-state index in [-0.39, 0.29) is 23.1 Å². The van der Waals surface area contributed by atoms with Crippen LogP contribution in [0.5, 0.6) is 23.0 Å². The molecule has 212 valence electrons. The standard InChI is InChI=1S/C29H27ClFN5O5/c1-16-26(28(37)35-22-10-9-18(38-2)13-24(22)39-3)27(36-29(34-16)32-15-33-36)17-8-11-23(25(12-17)40-4)41-14-19-20(30)6-5-7-21(19)31/h5-13,15,27H,14H2,1-4H3,(H,35,37)(H,32,33,34). The first-order chi connectivity index (χ1) is 19.8. The molecule has 5 rings (SSSR count). The Kier molecular flexibility index (Phi) is 7.97. The molecule has 3 aromatic carbocycles. The Hall–Kier alpha value is -4.77. The van der Waals surface area contributed by atoms with Gasteiger partial charge in [-0.1, -0.05) is 23.7 Å². The highest BCUT2D eigenvalue weighted by molar-refractivity contribution is 6.31. The molecule has 0 saturated carbocycles. The van der Waals surface area contributed by atoms with E-state index in [4.69, 9.17) is 30.5 Å². The van der Waals surface area contributed by atoms with Gasteiger partial charge in [0, 0.05) is 17.3 Å². The fourth-order valence-corrected chi connectivity index (χ4v) is 4.80. The van der Waals surface area contributed by atoms with Crippen LogP contribution < -0.4 is 29.6 Å². The molecule has 1 aliphatic rings. The van der Waals surface area contributed by atoms with E-state index in [0.717, 1.165) is 0 Å². The van der Waals surface area contributed by atoms with Crippen LogP contribution >= 0.6 is 11.6 Å². The molecule has 0 saturated heterocycles. The lowest BCUT2D eigenvalue weighted by Crippen LogP contribution is -2.31. The highest BCUT2D eigenvalue weighted by atomic mass is 35.5. The number of aromatic nitrogens is 3. The zero-order valence-electron chi connectivity index (χ0n) is 22.7. The van der Waals surface area contributed by atoms with Crippen LogP contribution in [0.4, 0.5) is 16.0 Å². The SMILES string of the molecule is COc1ccc(NC(=O)C2=C(C)Nc3ncnn3C2c2ccc(OCc3c(F)cccc3Cl)c(OC)c2)c(OC)c1. The second-order valence-electron chi connectivity index (χ2n) is 9.01. The van der Waals surface area contributed by atoms with E-state index in [1.807, 2.05) is 0 Å². The van der Waals surface area contributed by atoms with Gasteiger partial charge in [0.2, 0.25) is 5.95 Å². The molecule has 41 heavy (non-hydrogen) atoms. The van der Waals surface area contributed by atoms with E-state index in [1.54, 1.807) is 61.2 Å². The highest BCUT2D eigenvalue weighted by Crippen LogP contribution is 2.40. The molecular weight excluding hydrogens is 553 g/mol. The van der Waals surface area contributed by atoms with Crippen LogP contribution in [0.15, 0.2) is 72.2 Å². The first-order valence-corrected chi connectivity index (χ1v) is 12.9. The van der Waals surface area contributed by atoms with Crippen LogP contribution in [0.2, 0.25) is 5.02 Å². The molecule has 0 radical (unpaired) electrons. The Bertz CT molecular complexity index is 1620. The van der Waals surface area contributed by atoms with Crippen LogP contribution in [-0.4, -0.2) is 42.0 Å². The van der Waals surface area contributed by atoms with Crippen LogP contribution in [0.3, 0.4) is 0 Å². The zero-order valence-corrected chi connectivity index (χ0v) is 23.5. The molecule has 4 aromatic rings. The quantitative estimate of drug-likeness (QED) is 0.264. The molecular formula is C29H27ClFN5O5. The van der Waals surface area contributed by atoms with Crippen molar-refractivity contribution in [3.63, 3.8) is 0 Å². The summed E-state index contributed by atoms with van der Waals surface area (Å²) in [5, 5.41) is 10.7. The van der Waals surface area contributed by atoms with E-state index < -0.39 is 11.9 Å². The summed E-state index contributed by atoms with van der Waals surface area (Å²) in [5.74, 6) is 1.41. The number of allylic oxidation sites excluding steroid dienone is 1. The van der Waals surface area contributed by atoms with Gasteiger partial charge in [-0.25, -0.2) is 9.07 Å². The van der Waals surface area contributed by atoms with E-state index in [0.29, 0.717) is 51.5 Å². The number of methoxy groups -OCH3 is 3. The van der Waals surface area contributed by atoms with Gasteiger partial charge in [-0.2, -0.15) is 10.1 Å². The predicted molar refractivity (Wildman–Crippen MR) is 151 cm³/mol. The summed E-state index contributed by atoms with van der Waals surface area (Å²) in [6, 6.07) is 14.1. The normalized spacial score (nSPS) is 14.1. The third-order valence-corrected chi connectivity index (χ3v) is 6.99. The lowest BCUT2D eigenvalue weighted by atomic mass is 9.94. The summed E-state index contributed by atoms with van der Waals surface area (Å²) >= 11 is 6.15. The number of carbonyl (C=O) groups is 1. The summed E-state index contributed by atoms with van der Waals surface area (Å²) in [6.45, 7) is 1.69. The Morgan fingerprint density at radius 1 is 1.05 bits per heavy atom. The maximum Gasteiger partial charge on any atom is 0.255 e. The molecule has 0 spiro atoms. The number of ether oxygens (including phenoxy) is 4. The molecule has 1 unspecified atom stereocenters. The number of nitrogens with zero attached hydrogens (tertiary/aromatic N) is 3. The average molecular weight is 580 g/mol. The molecule has 2 N–H and O–H groups in total. The van der Waals surface area contributed by atoms with Gasteiger partial charge < -0.3 is 29.6 Å². The number of amides is 1. The van der Waals surface area contributed by atoms with E-state index >= 15 is 0 Å². The number of benzene rings is 3. The molecule has 0 fully saturated rings. The van der Waals surface area contributed by atoms with Crippen molar-refractivity contribution in [2.24, 2.45) is 0 Å². The van der Waals surface area contributed by atoms with Gasteiger partial charge in [0.15, 0.2) is 11.5 Å². The molecule has 0 bridgehead atoms. The molecule has 10 nitrogen and oxygen atoms in total. The monoisotopic (exact) mass is 579 g/mol. The van der Waals surface area contributed by atoms with E-state index in [1.165, 1.54) is 32.7 Å². The van der Waals surface area contributed by atoms with Gasteiger partial charge in [-0.05, 0) is 48.9 Å². The lowest BCUT2D eigenvalue weighted by molar-refractivity contribution is -0.113. The molecule has 1 amide bonds. The summed E-state index contributed by atoms with van der Waals surface area (Å²) in [4.78, 5) is 18.1. The largest absolute Gasteiger partial charge is 0.497 e.